The molecule has 0 aliphatic rings. The van der Waals surface area contributed by atoms with Crippen molar-refractivity contribution in [3.05, 3.63) is 33.5 Å². The van der Waals surface area contributed by atoms with Gasteiger partial charge in [0.05, 0.1) is 16.9 Å². The molecule has 15 heavy (non-hydrogen) atoms. The van der Waals surface area contributed by atoms with Gasteiger partial charge in [-0.05, 0) is 12.5 Å². The average Bonchev–Trinajstić information content (AvgIpc) is 2.59. The molecule has 78 valence electrons. The van der Waals surface area contributed by atoms with E-state index in [0.29, 0.717) is 10.2 Å². The third kappa shape index (κ3) is 2.40. The third-order valence-corrected chi connectivity index (χ3v) is 3.33. The Bertz CT molecular complexity index is 484. The van der Waals surface area contributed by atoms with Gasteiger partial charge in [0.1, 0.15) is 5.15 Å². The van der Waals surface area contributed by atoms with Gasteiger partial charge in [0.25, 0.3) is 0 Å². The van der Waals surface area contributed by atoms with Crippen molar-refractivity contribution in [2.75, 3.05) is 5.32 Å². The molecule has 0 saturated heterocycles. The van der Waals surface area contributed by atoms with E-state index in [0.717, 1.165) is 16.4 Å². The minimum Gasteiger partial charge on any atom is -0.330 e. The summed E-state index contributed by atoms with van der Waals surface area (Å²) in [6.07, 6.45) is 3.31. The zero-order chi connectivity index (χ0) is 10.8. The quantitative estimate of drug-likeness (QED) is 0.889. The van der Waals surface area contributed by atoms with E-state index in [1.807, 2.05) is 6.92 Å². The predicted octanol–water partition coefficient (Wildman–Crippen LogP) is 3.90. The van der Waals surface area contributed by atoms with Crippen LogP contribution in [0.5, 0.6) is 0 Å². The smallest absolute Gasteiger partial charge is 0.188 e. The molecule has 0 spiro atoms. The number of rotatable bonds is 2. The van der Waals surface area contributed by atoms with Crippen LogP contribution in [0.2, 0.25) is 10.2 Å². The third-order valence-electron chi connectivity index (χ3n) is 1.87. The van der Waals surface area contributed by atoms with Gasteiger partial charge in [0.15, 0.2) is 5.13 Å². The molecule has 0 amide bonds. The molecule has 3 nitrogen and oxygen atoms in total. The molecule has 0 saturated carbocycles. The molecule has 0 fully saturated rings. The molecule has 0 aliphatic carbocycles. The second kappa shape index (κ2) is 4.35. The Balaban J connectivity index is 2.28. The molecule has 0 aromatic carbocycles. The average molecular weight is 260 g/mol. The Kier molecular flexibility index (Phi) is 3.09. The molecular formula is C9H7Cl2N3S. The molecule has 0 unspecified atom stereocenters. The van der Waals surface area contributed by atoms with Crippen LogP contribution < -0.4 is 5.32 Å². The summed E-state index contributed by atoms with van der Waals surface area (Å²) in [4.78, 5) is 8.08. The number of thiazole rings is 1. The van der Waals surface area contributed by atoms with Gasteiger partial charge in [0.2, 0.25) is 0 Å². The van der Waals surface area contributed by atoms with Crippen LogP contribution in [0.4, 0.5) is 10.8 Å². The summed E-state index contributed by atoms with van der Waals surface area (Å²) in [6.45, 7) is 1.92. The van der Waals surface area contributed by atoms with Gasteiger partial charge >= 0.3 is 0 Å². The van der Waals surface area contributed by atoms with Crippen molar-refractivity contribution in [3.8, 4) is 0 Å². The van der Waals surface area contributed by atoms with E-state index in [1.54, 1.807) is 17.8 Å². The molecule has 2 heterocycles. The fourth-order valence-electron chi connectivity index (χ4n) is 1.05. The van der Waals surface area contributed by atoms with Gasteiger partial charge in [-0.3, -0.25) is 4.98 Å². The first kappa shape index (κ1) is 10.7. The van der Waals surface area contributed by atoms with E-state index in [-0.39, 0.29) is 0 Å². The summed E-state index contributed by atoms with van der Waals surface area (Å²) in [5, 5.41) is 6.71. The summed E-state index contributed by atoms with van der Waals surface area (Å²) in [5.41, 5.74) is 1.78. The summed E-state index contributed by atoms with van der Waals surface area (Å²) in [5.74, 6) is 0. The largest absolute Gasteiger partial charge is 0.330 e. The summed E-state index contributed by atoms with van der Waals surface area (Å²) < 4.78 is 0. The monoisotopic (exact) mass is 259 g/mol. The minimum atomic E-state index is 0.482. The molecule has 6 heteroatoms. The van der Waals surface area contributed by atoms with E-state index >= 15 is 0 Å². The maximum absolute atomic E-state index is 5.94. The van der Waals surface area contributed by atoms with Crippen LogP contribution in [0.15, 0.2) is 17.8 Å². The lowest BCUT2D eigenvalue weighted by atomic mass is 10.2. The Hall–Kier alpha value is -0.840. The molecule has 0 atom stereocenters. The van der Waals surface area contributed by atoms with Gasteiger partial charge < -0.3 is 5.32 Å². The van der Waals surface area contributed by atoms with Crippen molar-refractivity contribution in [1.82, 2.24) is 9.97 Å². The number of aromatic nitrogens is 2. The van der Waals surface area contributed by atoms with Crippen molar-refractivity contribution in [2.24, 2.45) is 0 Å². The number of nitrogens with one attached hydrogen (secondary N) is 1. The summed E-state index contributed by atoms with van der Waals surface area (Å²) >= 11 is 13.1. The van der Waals surface area contributed by atoms with Gasteiger partial charge in [0, 0.05) is 11.6 Å². The highest BCUT2D eigenvalue weighted by molar-refractivity contribution is 7.14. The number of anilines is 2. The van der Waals surface area contributed by atoms with Gasteiger partial charge in [-0.1, -0.05) is 23.2 Å². The number of nitrogens with zero attached hydrogens (tertiary/aromatic N) is 2. The molecule has 2 rings (SSSR count). The van der Waals surface area contributed by atoms with Crippen LogP contribution in [-0.4, -0.2) is 9.97 Å². The first-order chi connectivity index (χ1) is 7.16. The Labute approximate surface area is 101 Å². The SMILES string of the molecule is Cc1c(Cl)cncc1Nc1nc(Cl)cs1. The van der Waals surface area contributed by atoms with Crippen LogP contribution in [0.1, 0.15) is 5.56 Å². The van der Waals surface area contributed by atoms with Crippen LogP contribution in [-0.2, 0) is 0 Å². The number of halogens is 2. The molecule has 2 aromatic rings. The molecule has 2 aromatic heterocycles. The predicted molar refractivity (Wildman–Crippen MR) is 64.4 cm³/mol. The lowest BCUT2D eigenvalue weighted by Crippen LogP contribution is -1.93. The highest BCUT2D eigenvalue weighted by Crippen LogP contribution is 2.27. The standard InChI is InChI=1S/C9H7Cl2N3S/c1-5-6(10)2-12-3-7(5)13-9-14-8(11)4-15-9/h2-4H,1H3,(H,13,14). The minimum absolute atomic E-state index is 0.482. The van der Waals surface area contributed by atoms with E-state index in [1.165, 1.54) is 11.3 Å². The van der Waals surface area contributed by atoms with Crippen LogP contribution in [0.25, 0.3) is 0 Å². The zero-order valence-corrected chi connectivity index (χ0v) is 10.1. The van der Waals surface area contributed by atoms with Gasteiger partial charge in [-0.25, -0.2) is 4.98 Å². The number of hydrogen-bond donors (Lipinski definition) is 1. The number of hydrogen-bond acceptors (Lipinski definition) is 4. The van der Waals surface area contributed by atoms with Crippen LogP contribution in [0.3, 0.4) is 0 Å². The van der Waals surface area contributed by atoms with Gasteiger partial charge in [-0.15, -0.1) is 11.3 Å². The van der Waals surface area contributed by atoms with E-state index in [9.17, 15) is 0 Å². The Morgan fingerprint density at radius 3 is 2.80 bits per heavy atom. The molecular weight excluding hydrogens is 253 g/mol. The van der Waals surface area contributed by atoms with Crippen molar-refractivity contribution in [2.45, 2.75) is 6.92 Å². The Morgan fingerprint density at radius 1 is 1.33 bits per heavy atom. The zero-order valence-electron chi connectivity index (χ0n) is 7.79. The molecule has 0 bridgehead atoms. The highest BCUT2D eigenvalue weighted by Gasteiger charge is 2.05. The van der Waals surface area contributed by atoms with Crippen LogP contribution >= 0.6 is 34.5 Å². The topological polar surface area (TPSA) is 37.8 Å². The van der Waals surface area contributed by atoms with Crippen molar-refractivity contribution in [3.63, 3.8) is 0 Å². The van der Waals surface area contributed by atoms with Gasteiger partial charge in [-0.2, -0.15) is 0 Å². The first-order valence-electron chi connectivity index (χ1n) is 4.15. The highest BCUT2D eigenvalue weighted by atomic mass is 35.5. The van der Waals surface area contributed by atoms with Crippen molar-refractivity contribution >= 4 is 45.4 Å². The first-order valence-corrected chi connectivity index (χ1v) is 5.78. The lowest BCUT2D eigenvalue weighted by molar-refractivity contribution is 1.27. The second-order valence-corrected chi connectivity index (χ2v) is 4.55. The summed E-state index contributed by atoms with van der Waals surface area (Å²) in [6, 6.07) is 0. The van der Waals surface area contributed by atoms with Crippen LogP contribution in [0, 0.1) is 6.92 Å². The molecule has 1 N–H and O–H groups in total. The maximum Gasteiger partial charge on any atom is 0.188 e. The normalized spacial score (nSPS) is 10.3. The lowest BCUT2D eigenvalue weighted by Gasteiger charge is -2.06. The van der Waals surface area contributed by atoms with E-state index < -0.39 is 0 Å². The fraction of sp³-hybridized carbons (Fsp3) is 0.111. The molecule has 0 radical (unpaired) electrons. The maximum atomic E-state index is 5.94. The van der Waals surface area contributed by atoms with Crippen molar-refractivity contribution < 1.29 is 0 Å². The summed E-state index contributed by atoms with van der Waals surface area (Å²) in [7, 11) is 0. The Morgan fingerprint density at radius 2 is 2.13 bits per heavy atom. The fourth-order valence-corrected chi connectivity index (χ4v) is 2.06. The molecule has 0 aliphatic heterocycles. The van der Waals surface area contributed by atoms with Crippen molar-refractivity contribution in [1.29, 1.82) is 0 Å². The van der Waals surface area contributed by atoms with E-state index in [4.69, 9.17) is 23.2 Å². The number of pyridine rings is 1. The van der Waals surface area contributed by atoms with E-state index in [2.05, 4.69) is 15.3 Å². The second-order valence-electron chi connectivity index (χ2n) is 2.89.